The van der Waals surface area contributed by atoms with Crippen LogP contribution in [0.15, 0.2) is 60.7 Å². The van der Waals surface area contributed by atoms with Crippen molar-refractivity contribution in [2.24, 2.45) is 5.92 Å². The lowest BCUT2D eigenvalue weighted by Crippen LogP contribution is -2.47. The van der Waals surface area contributed by atoms with Gasteiger partial charge in [-0.05, 0) is 25.7 Å². The van der Waals surface area contributed by atoms with Gasteiger partial charge in [0.05, 0.1) is 5.69 Å². The smallest absolute Gasteiger partial charge is 0.319 e. The lowest BCUT2D eigenvalue weighted by molar-refractivity contribution is -0.121. The standard InChI is InChI=1S/C27H28N4O3S/c32-23(20-11-5-2-6-12-20)24-22(19-9-3-1-4-10-19)28-26(35-24)29-25(33)21-13-17-31(18-14-21)27(34)30-15-7-8-16-30/h1-6,9-12,21H,7-8,13-18H2,(H,28,29,33). The second kappa shape index (κ2) is 10.4. The number of likely N-dealkylation sites (tertiary alicyclic amines) is 2. The highest BCUT2D eigenvalue weighted by Crippen LogP contribution is 2.33. The third-order valence-electron chi connectivity index (χ3n) is 6.66. The van der Waals surface area contributed by atoms with Gasteiger partial charge in [0, 0.05) is 43.2 Å². The molecule has 7 nitrogen and oxygen atoms in total. The molecule has 2 saturated heterocycles. The Labute approximate surface area is 208 Å². The fourth-order valence-electron chi connectivity index (χ4n) is 4.69. The topological polar surface area (TPSA) is 82.6 Å². The van der Waals surface area contributed by atoms with Crippen molar-refractivity contribution in [3.05, 3.63) is 71.1 Å². The van der Waals surface area contributed by atoms with Crippen LogP contribution in [0.3, 0.4) is 0 Å². The first kappa shape index (κ1) is 23.2. The van der Waals surface area contributed by atoms with Crippen LogP contribution in [0, 0.1) is 5.92 Å². The van der Waals surface area contributed by atoms with E-state index >= 15 is 0 Å². The fourth-order valence-corrected chi connectivity index (χ4v) is 5.64. The number of urea groups is 1. The van der Waals surface area contributed by atoms with Gasteiger partial charge in [-0.2, -0.15) is 0 Å². The molecule has 2 aromatic carbocycles. The molecular weight excluding hydrogens is 460 g/mol. The zero-order valence-corrected chi connectivity index (χ0v) is 20.3. The molecule has 0 spiro atoms. The van der Waals surface area contributed by atoms with Gasteiger partial charge in [-0.3, -0.25) is 9.59 Å². The monoisotopic (exact) mass is 488 g/mol. The molecule has 0 unspecified atom stereocenters. The fraction of sp³-hybridized carbons (Fsp3) is 0.333. The third-order valence-corrected chi connectivity index (χ3v) is 7.63. The van der Waals surface area contributed by atoms with Crippen LogP contribution in [0.4, 0.5) is 9.93 Å². The number of hydrogen-bond acceptors (Lipinski definition) is 5. The van der Waals surface area contributed by atoms with E-state index in [1.54, 1.807) is 12.1 Å². The number of amides is 3. The molecule has 0 radical (unpaired) electrons. The second-order valence-corrected chi connectivity index (χ2v) is 9.98. The molecule has 0 bridgehead atoms. The number of hydrogen-bond donors (Lipinski definition) is 1. The summed E-state index contributed by atoms with van der Waals surface area (Å²) in [5.74, 6) is -0.406. The summed E-state index contributed by atoms with van der Waals surface area (Å²) in [5.41, 5.74) is 1.99. The van der Waals surface area contributed by atoms with E-state index in [0.29, 0.717) is 47.2 Å². The molecule has 8 heteroatoms. The average Bonchev–Trinajstić information content (AvgIpc) is 3.60. The van der Waals surface area contributed by atoms with E-state index in [-0.39, 0.29) is 23.6 Å². The van der Waals surface area contributed by atoms with Crippen molar-refractivity contribution in [1.29, 1.82) is 0 Å². The van der Waals surface area contributed by atoms with Gasteiger partial charge in [0.1, 0.15) is 4.88 Å². The largest absolute Gasteiger partial charge is 0.325 e. The molecule has 0 atom stereocenters. The summed E-state index contributed by atoms with van der Waals surface area (Å²) in [7, 11) is 0. The minimum Gasteiger partial charge on any atom is -0.325 e. The molecule has 2 fully saturated rings. The first-order chi connectivity index (χ1) is 17.1. The van der Waals surface area contributed by atoms with E-state index < -0.39 is 0 Å². The first-order valence-electron chi connectivity index (χ1n) is 12.1. The van der Waals surface area contributed by atoms with Gasteiger partial charge in [-0.1, -0.05) is 72.0 Å². The zero-order valence-electron chi connectivity index (χ0n) is 19.5. The number of benzene rings is 2. The van der Waals surface area contributed by atoms with Crippen LogP contribution in [0.25, 0.3) is 11.3 Å². The van der Waals surface area contributed by atoms with E-state index in [4.69, 9.17) is 0 Å². The van der Waals surface area contributed by atoms with Gasteiger partial charge in [0.2, 0.25) is 11.7 Å². The summed E-state index contributed by atoms with van der Waals surface area (Å²) < 4.78 is 0. The van der Waals surface area contributed by atoms with Gasteiger partial charge in [0.25, 0.3) is 0 Å². The Bertz CT molecular complexity index is 1200. The molecule has 3 aromatic rings. The third kappa shape index (κ3) is 5.12. The Kier molecular flexibility index (Phi) is 6.90. The second-order valence-electron chi connectivity index (χ2n) is 8.99. The molecular formula is C27H28N4O3S. The minimum absolute atomic E-state index is 0.0952. The van der Waals surface area contributed by atoms with E-state index in [0.717, 1.165) is 31.5 Å². The molecule has 180 valence electrons. The summed E-state index contributed by atoms with van der Waals surface area (Å²) in [5, 5.41) is 3.37. The molecule has 1 aromatic heterocycles. The Morgan fingerprint density at radius 3 is 2.09 bits per heavy atom. The van der Waals surface area contributed by atoms with Crippen LogP contribution >= 0.6 is 11.3 Å². The highest BCUT2D eigenvalue weighted by atomic mass is 32.1. The van der Waals surface area contributed by atoms with Gasteiger partial charge in [-0.15, -0.1) is 0 Å². The van der Waals surface area contributed by atoms with Crippen LogP contribution in [0.1, 0.15) is 40.9 Å². The molecule has 2 aliphatic heterocycles. The SMILES string of the molecule is O=C(c1ccccc1)c1sc(NC(=O)C2CCN(C(=O)N3CCCC3)CC2)nc1-c1ccccc1. The summed E-state index contributed by atoms with van der Waals surface area (Å²) in [6, 6.07) is 18.7. The number of anilines is 1. The van der Waals surface area contributed by atoms with Crippen molar-refractivity contribution in [1.82, 2.24) is 14.8 Å². The van der Waals surface area contributed by atoms with Gasteiger partial charge < -0.3 is 15.1 Å². The van der Waals surface area contributed by atoms with E-state index in [1.165, 1.54) is 11.3 Å². The normalized spacial score (nSPS) is 16.3. The van der Waals surface area contributed by atoms with E-state index in [2.05, 4.69) is 10.3 Å². The highest BCUT2D eigenvalue weighted by Gasteiger charge is 2.31. The lowest BCUT2D eigenvalue weighted by atomic mass is 9.96. The average molecular weight is 489 g/mol. The number of carbonyl (C=O) groups is 3. The van der Waals surface area contributed by atoms with Crippen molar-refractivity contribution < 1.29 is 14.4 Å². The van der Waals surface area contributed by atoms with Crippen molar-refractivity contribution >= 4 is 34.2 Å². The number of aromatic nitrogens is 1. The number of rotatable bonds is 5. The summed E-state index contributed by atoms with van der Waals surface area (Å²) in [4.78, 5) is 47.9. The number of ketones is 1. The number of thiazole rings is 1. The number of nitrogens with zero attached hydrogens (tertiary/aromatic N) is 3. The van der Waals surface area contributed by atoms with Crippen LogP contribution < -0.4 is 5.32 Å². The molecule has 35 heavy (non-hydrogen) atoms. The molecule has 2 aliphatic rings. The van der Waals surface area contributed by atoms with Crippen LogP contribution in [0.5, 0.6) is 0 Å². The maximum atomic E-state index is 13.3. The van der Waals surface area contributed by atoms with Crippen LogP contribution in [-0.4, -0.2) is 58.7 Å². The van der Waals surface area contributed by atoms with Crippen LogP contribution in [-0.2, 0) is 4.79 Å². The van der Waals surface area contributed by atoms with Gasteiger partial charge in [-0.25, -0.2) is 9.78 Å². The van der Waals surface area contributed by atoms with Gasteiger partial charge >= 0.3 is 6.03 Å². The first-order valence-corrected chi connectivity index (χ1v) is 12.9. The van der Waals surface area contributed by atoms with Crippen LogP contribution in [0.2, 0.25) is 0 Å². The molecule has 1 N–H and O–H groups in total. The van der Waals surface area contributed by atoms with Crippen molar-refractivity contribution in [3.63, 3.8) is 0 Å². The van der Waals surface area contributed by atoms with Crippen molar-refractivity contribution in [2.75, 3.05) is 31.5 Å². The summed E-state index contributed by atoms with van der Waals surface area (Å²) in [6.45, 7) is 2.82. The van der Waals surface area contributed by atoms with Crippen molar-refractivity contribution in [2.45, 2.75) is 25.7 Å². The predicted molar refractivity (Wildman–Crippen MR) is 137 cm³/mol. The Morgan fingerprint density at radius 1 is 0.829 bits per heavy atom. The lowest BCUT2D eigenvalue weighted by Gasteiger charge is -2.33. The maximum absolute atomic E-state index is 13.3. The quantitative estimate of drug-likeness (QED) is 0.518. The molecule has 3 heterocycles. The highest BCUT2D eigenvalue weighted by molar-refractivity contribution is 7.18. The number of piperidine rings is 1. The summed E-state index contributed by atoms with van der Waals surface area (Å²) >= 11 is 1.21. The van der Waals surface area contributed by atoms with Crippen molar-refractivity contribution in [3.8, 4) is 11.3 Å². The number of nitrogens with one attached hydrogen (secondary N) is 1. The Morgan fingerprint density at radius 2 is 1.43 bits per heavy atom. The van der Waals surface area contributed by atoms with E-state index in [1.807, 2.05) is 58.3 Å². The Balaban J connectivity index is 1.29. The maximum Gasteiger partial charge on any atom is 0.319 e. The zero-order chi connectivity index (χ0) is 24.2. The predicted octanol–water partition coefficient (Wildman–Crippen LogP) is 4.91. The molecule has 0 saturated carbocycles. The summed E-state index contributed by atoms with van der Waals surface area (Å²) in [6.07, 6.45) is 3.38. The Hall–Kier alpha value is -3.52. The van der Waals surface area contributed by atoms with E-state index in [9.17, 15) is 14.4 Å². The number of carbonyl (C=O) groups excluding carboxylic acids is 3. The molecule has 0 aliphatic carbocycles. The molecule has 5 rings (SSSR count). The minimum atomic E-state index is -0.185. The molecule has 3 amide bonds. The van der Waals surface area contributed by atoms with Gasteiger partial charge in [0.15, 0.2) is 5.13 Å².